The van der Waals surface area contributed by atoms with Crippen LogP contribution in [0.2, 0.25) is 0 Å². The third-order valence-corrected chi connectivity index (χ3v) is 5.61. The second-order valence-electron chi connectivity index (χ2n) is 7.98. The molecular weight excluding hydrogens is 400 g/mol. The van der Waals surface area contributed by atoms with E-state index in [1.807, 2.05) is 72.9 Å². The summed E-state index contributed by atoms with van der Waals surface area (Å²) in [5.74, 6) is -0.380. The van der Waals surface area contributed by atoms with Gasteiger partial charge in [-0.15, -0.1) is 0 Å². The van der Waals surface area contributed by atoms with Crippen molar-refractivity contribution in [2.24, 2.45) is 5.73 Å². The minimum Gasteiger partial charge on any atom is -0.361 e. The maximum atomic E-state index is 12.9. The molecule has 1 unspecified atom stereocenters. The molecule has 0 spiro atoms. The first-order chi connectivity index (χ1) is 15.6. The van der Waals surface area contributed by atoms with Crippen LogP contribution >= 0.6 is 0 Å². The Balaban J connectivity index is 1.49. The van der Waals surface area contributed by atoms with Gasteiger partial charge in [0.2, 0.25) is 11.8 Å². The van der Waals surface area contributed by atoms with Gasteiger partial charge in [-0.2, -0.15) is 0 Å². The summed E-state index contributed by atoms with van der Waals surface area (Å²) in [7, 11) is 0. The average molecular weight is 429 g/mol. The fraction of sp³-hybridized carbons (Fsp3) is 0.231. The predicted molar refractivity (Wildman–Crippen MR) is 128 cm³/mol. The summed E-state index contributed by atoms with van der Waals surface area (Å²) in [6, 6.07) is 21.3. The summed E-state index contributed by atoms with van der Waals surface area (Å²) >= 11 is 0. The van der Waals surface area contributed by atoms with Gasteiger partial charge in [0.05, 0.1) is 6.42 Å². The highest BCUT2D eigenvalue weighted by Crippen LogP contribution is 2.20. The lowest BCUT2D eigenvalue weighted by atomic mass is 10.0. The van der Waals surface area contributed by atoms with Crippen molar-refractivity contribution in [1.82, 2.24) is 15.6 Å². The Kier molecular flexibility index (Phi) is 6.82. The number of nitrogens with two attached hydrogens (primary N) is 1. The molecule has 32 heavy (non-hydrogen) atoms. The van der Waals surface area contributed by atoms with Crippen LogP contribution in [0.25, 0.3) is 21.7 Å². The van der Waals surface area contributed by atoms with E-state index in [4.69, 9.17) is 5.73 Å². The van der Waals surface area contributed by atoms with Gasteiger partial charge in [0, 0.05) is 30.1 Å². The van der Waals surface area contributed by atoms with E-state index >= 15 is 0 Å². The number of fused-ring (bicyclic) bond motifs is 2. The minimum atomic E-state index is -0.667. The van der Waals surface area contributed by atoms with E-state index in [2.05, 4.69) is 15.6 Å². The van der Waals surface area contributed by atoms with E-state index in [1.54, 1.807) is 0 Å². The molecule has 1 heterocycles. The molecular formula is C26H28N4O2. The van der Waals surface area contributed by atoms with Gasteiger partial charge >= 0.3 is 0 Å². The first kappa shape index (κ1) is 21.6. The van der Waals surface area contributed by atoms with Crippen LogP contribution in [0.15, 0.2) is 72.9 Å². The van der Waals surface area contributed by atoms with Crippen molar-refractivity contribution < 1.29 is 9.59 Å². The molecule has 3 aromatic carbocycles. The lowest BCUT2D eigenvalue weighted by molar-refractivity contribution is -0.128. The van der Waals surface area contributed by atoms with Crippen LogP contribution < -0.4 is 16.4 Å². The molecule has 1 atom stereocenters. The number of hydrogen-bond donors (Lipinski definition) is 4. The maximum Gasteiger partial charge on any atom is 0.242 e. The normalized spacial score (nSPS) is 12.0. The molecule has 0 saturated heterocycles. The molecule has 1 aromatic heterocycles. The third-order valence-electron chi connectivity index (χ3n) is 5.61. The molecule has 2 amide bonds. The minimum absolute atomic E-state index is 0.181. The van der Waals surface area contributed by atoms with Crippen LogP contribution in [-0.2, 0) is 22.4 Å². The van der Waals surface area contributed by atoms with E-state index in [9.17, 15) is 9.59 Å². The van der Waals surface area contributed by atoms with Crippen LogP contribution in [-0.4, -0.2) is 35.9 Å². The SMILES string of the molecule is NCCCNC(=O)C(Cc1c[nH]c2ccccc12)NC(=O)Cc1ccc2ccccc2c1. The number of carbonyl (C=O) groups excluding carboxylic acids is 2. The zero-order valence-corrected chi connectivity index (χ0v) is 17.9. The van der Waals surface area contributed by atoms with Crippen molar-refractivity contribution in [3.8, 4) is 0 Å². The van der Waals surface area contributed by atoms with E-state index in [-0.39, 0.29) is 18.2 Å². The number of nitrogens with one attached hydrogen (secondary N) is 3. The quantitative estimate of drug-likeness (QED) is 0.308. The van der Waals surface area contributed by atoms with E-state index in [0.717, 1.165) is 32.8 Å². The maximum absolute atomic E-state index is 12.9. The van der Waals surface area contributed by atoms with Crippen molar-refractivity contribution >= 4 is 33.5 Å². The molecule has 0 aliphatic rings. The van der Waals surface area contributed by atoms with Crippen molar-refractivity contribution in [2.45, 2.75) is 25.3 Å². The van der Waals surface area contributed by atoms with Crippen LogP contribution in [0.4, 0.5) is 0 Å². The van der Waals surface area contributed by atoms with Crippen molar-refractivity contribution in [3.05, 3.63) is 84.1 Å². The summed E-state index contributed by atoms with van der Waals surface area (Å²) in [6.45, 7) is 0.988. The Bertz CT molecular complexity index is 1230. The summed E-state index contributed by atoms with van der Waals surface area (Å²) < 4.78 is 0. The summed E-state index contributed by atoms with van der Waals surface area (Å²) in [6.07, 6.45) is 3.21. The van der Waals surface area contributed by atoms with E-state index in [1.165, 1.54) is 0 Å². The van der Waals surface area contributed by atoms with Crippen LogP contribution in [0.1, 0.15) is 17.5 Å². The molecule has 0 aliphatic heterocycles. The summed E-state index contributed by atoms with van der Waals surface area (Å²) in [4.78, 5) is 29.0. The molecule has 0 bridgehead atoms. The molecule has 5 N–H and O–H groups in total. The predicted octanol–water partition coefficient (Wildman–Crippen LogP) is 3.06. The lowest BCUT2D eigenvalue weighted by Gasteiger charge is -2.18. The van der Waals surface area contributed by atoms with Crippen LogP contribution in [0.3, 0.4) is 0 Å². The van der Waals surface area contributed by atoms with Crippen molar-refractivity contribution in [1.29, 1.82) is 0 Å². The fourth-order valence-corrected chi connectivity index (χ4v) is 3.95. The first-order valence-corrected chi connectivity index (χ1v) is 10.9. The smallest absolute Gasteiger partial charge is 0.242 e. The number of H-pyrrole nitrogens is 1. The topological polar surface area (TPSA) is 100 Å². The molecule has 0 fully saturated rings. The Morgan fingerprint density at radius 2 is 1.75 bits per heavy atom. The third kappa shape index (κ3) is 5.15. The molecule has 164 valence electrons. The van der Waals surface area contributed by atoms with Gasteiger partial charge in [-0.05, 0) is 40.9 Å². The number of amides is 2. The molecule has 0 radical (unpaired) electrons. The van der Waals surface area contributed by atoms with E-state index < -0.39 is 6.04 Å². The molecule has 6 nitrogen and oxygen atoms in total. The monoisotopic (exact) mass is 428 g/mol. The number of aromatic amines is 1. The summed E-state index contributed by atoms with van der Waals surface area (Å²) in [5.41, 5.74) is 8.45. The molecule has 4 rings (SSSR count). The largest absolute Gasteiger partial charge is 0.361 e. The molecule has 0 aliphatic carbocycles. The second kappa shape index (κ2) is 10.1. The molecule has 4 aromatic rings. The van der Waals surface area contributed by atoms with Gasteiger partial charge in [-0.25, -0.2) is 0 Å². The Labute approximate surface area is 187 Å². The van der Waals surface area contributed by atoms with Gasteiger partial charge in [0.25, 0.3) is 0 Å². The Morgan fingerprint density at radius 1 is 0.969 bits per heavy atom. The highest BCUT2D eigenvalue weighted by atomic mass is 16.2. The van der Waals surface area contributed by atoms with Gasteiger partial charge in [-0.1, -0.05) is 60.7 Å². The molecule has 0 saturated carbocycles. The lowest BCUT2D eigenvalue weighted by Crippen LogP contribution is -2.48. The van der Waals surface area contributed by atoms with Crippen molar-refractivity contribution in [2.75, 3.05) is 13.1 Å². The Morgan fingerprint density at radius 3 is 2.59 bits per heavy atom. The number of benzene rings is 3. The van der Waals surface area contributed by atoms with Gasteiger partial charge in [0.15, 0.2) is 0 Å². The van der Waals surface area contributed by atoms with Crippen LogP contribution in [0, 0.1) is 0 Å². The zero-order valence-electron chi connectivity index (χ0n) is 17.9. The standard InChI is InChI=1S/C26H28N4O2/c27-12-5-13-28-26(32)24(16-21-17-29-23-9-4-3-8-22(21)23)30-25(31)15-18-10-11-19-6-1-2-7-20(19)14-18/h1-4,6-11,14,17,24,29H,5,12-13,15-16,27H2,(H,28,32)(H,30,31). The fourth-order valence-electron chi connectivity index (χ4n) is 3.95. The number of aromatic nitrogens is 1. The van der Waals surface area contributed by atoms with Crippen LogP contribution in [0.5, 0.6) is 0 Å². The van der Waals surface area contributed by atoms with Gasteiger partial charge in [-0.3, -0.25) is 9.59 Å². The van der Waals surface area contributed by atoms with Gasteiger partial charge < -0.3 is 21.4 Å². The van der Waals surface area contributed by atoms with E-state index in [0.29, 0.717) is 25.9 Å². The second-order valence-corrected chi connectivity index (χ2v) is 7.98. The van der Waals surface area contributed by atoms with Crippen molar-refractivity contribution in [3.63, 3.8) is 0 Å². The molecule has 6 heteroatoms. The zero-order chi connectivity index (χ0) is 22.3. The highest BCUT2D eigenvalue weighted by molar-refractivity contribution is 5.91. The Hall–Kier alpha value is -3.64. The first-order valence-electron chi connectivity index (χ1n) is 10.9. The summed E-state index contributed by atoms with van der Waals surface area (Å²) in [5, 5.41) is 9.12. The number of para-hydroxylation sites is 1. The number of carbonyl (C=O) groups is 2. The number of hydrogen-bond acceptors (Lipinski definition) is 3. The number of rotatable bonds is 9. The average Bonchev–Trinajstić information content (AvgIpc) is 3.21. The van der Waals surface area contributed by atoms with Gasteiger partial charge in [0.1, 0.15) is 6.04 Å². The highest BCUT2D eigenvalue weighted by Gasteiger charge is 2.22.